The van der Waals surface area contributed by atoms with E-state index in [9.17, 15) is 4.79 Å². The summed E-state index contributed by atoms with van der Waals surface area (Å²) in [6, 6.07) is 3.80. The number of benzene rings is 1. The molecule has 5 nitrogen and oxygen atoms in total. The lowest BCUT2D eigenvalue weighted by atomic mass is 9.90. The molecule has 2 rings (SSSR count). The fourth-order valence-corrected chi connectivity index (χ4v) is 2.84. The molecule has 1 aromatic carbocycles. The van der Waals surface area contributed by atoms with Crippen molar-refractivity contribution in [2.24, 2.45) is 5.92 Å². The minimum absolute atomic E-state index is 0.00995. The number of hydrogen-bond donors (Lipinski definition) is 0. The van der Waals surface area contributed by atoms with Crippen LogP contribution in [0.15, 0.2) is 12.1 Å². The van der Waals surface area contributed by atoms with Crippen molar-refractivity contribution in [2.45, 2.75) is 12.8 Å². The fraction of sp³-hybridized carbons (Fsp3) is 0.562. The zero-order valence-electron chi connectivity index (χ0n) is 13.1. The van der Waals surface area contributed by atoms with Crippen LogP contribution in [-0.4, -0.2) is 52.1 Å². The first-order valence-electron chi connectivity index (χ1n) is 7.09. The van der Waals surface area contributed by atoms with E-state index < -0.39 is 0 Å². The van der Waals surface area contributed by atoms with Gasteiger partial charge in [0.1, 0.15) is 5.78 Å². The van der Waals surface area contributed by atoms with Gasteiger partial charge in [-0.1, -0.05) is 6.07 Å². The maximum Gasteiger partial charge on any atom is 0.203 e. The minimum atomic E-state index is 0.00995. The molecule has 0 amide bonds. The zero-order chi connectivity index (χ0) is 15.4. The smallest absolute Gasteiger partial charge is 0.203 e. The number of piperidine rings is 1. The van der Waals surface area contributed by atoms with Gasteiger partial charge in [0, 0.05) is 25.4 Å². The van der Waals surface area contributed by atoms with Crippen LogP contribution >= 0.6 is 0 Å². The van der Waals surface area contributed by atoms with E-state index in [1.165, 1.54) is 0 Å². The van der Waals surface area contributed by atoms with Crippen LogP contribution in [-0.2, 0) is 11.2 Å². The number of ketones is 1. The highest BCUT2D eigenvalue weighted by molar-refractivity contribution is 5.82. The van der Waals surface area contributed by atoms with Crippen molar-refractivity contribution < 1.29 is 19.0 Å². The summed E-state index contributed by atoms with van der Waals surface area (Å²) in [7, 11) is 6.83. The van der Waals surface area contributed by atoms with Gasteiger partial charge in [-0.15, -0.1) is 0 Å². The first-order chi connectivity index (χ1) is 10.1. The number of likely N-dealkylation sites (tertiary alicyclic amines) is 1. The Labute approximate surface area is 125 Å². The Kier molecular flexibility index (Phi) is 5.07. The minimum Gasteiger partial charge on any atom is -0.493 e. The summed E-state index contributed by atoms with van der Waals surface area (Å²) in [5.74, 6) is 2.19. The number of rotatable bonds is 5. The van der Waals surface area contributed by atoms with Gasteiger partial charge in [-0.2, -0.15) is 0 Å². The molecule has 1 aliphatic rings. The van der Waals surface area contributed by atoms with Crippen LogP contribution in [0, 0.1) is 5.92 Å². The monoisotopic (exact) mass is 293 g/mol. The number of methoxy groups -OCH3 is 3. The molecule has 1 saturated heterocycles. The number of hydrogen-bond acceptors (Lipinski definition) is 5. The average molecular weight is 293 g/mol. The topological polar surface area (TPSA) is 48.0 Å². The van der Waals surface area contributed by atoms with Gasteiger partial charge in [0.25, 0.3) is 0 Å². The van der Waals surface area contributed by atoms with E-state index in [0.29, 0.717) is 35.9 Å². The van der Waals surface area contributed by atoms with Gasteiger partial charge in [-0.05, 0) is 25.1 Å². The molecule has 1 fully saturated rings. The number of ether oxygens (including phenoxy) is 3. The lowest BCUT2D eigenvalue weighted by Gasteiger charge is -2.29. The number of Topliss-reactive ketones (excluding diaryl/α,β-unsaturated/α-hetero) is 1. The Morgan fingerprint density at radius 3 is 2.48 bits per heavy atom. The van der Waals surface area contributed by atoms with Crippen molar-refractivity contribution in [2.75, 3.05) is 41.5 Å². The first kappa shape index (κ1) is 15.6. The van der Waals surface area contributed by atoms with Crippen LogP contribution < -0.4 is 14.2 Å². The Balaban J connectivity index is 2.29. The Morgan fingerprint density at radius 2 is 1.86 bits per heavy atom. The third-order valence-corrected chi connectivity index (χ3v) is 3.98. The molecular weight excluding hydrogens is 270 g/mol. The maximum absolute atomic E-state index is 12.1. The summed E-state index contributed by atoms with van der Waals surface area (Å²) < 4.78 is 16.2. The SMILES string of the molecule is COc1ccc(CC2CN(C)CCC2=O)c(OC)c1OC. The average Bonchev–Trinajstić information content (AvgIpc) is 2.50. The Hall–Kier alpha value is -1.75. The lowest BCUT2D eigenvalue weighted by molar-refractivity contribution is -0.125. The normalized spacial score (nSPS) is 19.4. The van der Waals surface area contributed by atoms with Crippen LogP contribution in [0.4, 0.5) is 0 Å². The van der Waals surface area contributed by atoms with Crippen LogP contribution in [0.3, 0.4) is 0 Å². The summed E-state index contributed by atoms with van der Waals surface area (Å²) in [6.07, 6.45) is 1.28. The molecule has 0 aliphatic carbocycles. The van der Waals surface area contributed by atoms with E-state index in [1.807, 2.05) is 19.2 Å². The zero-order valence-corrected chi connectivity index (χ0v) is 13.1. The number of carbonyl (C=O) groups is 1. The summed E-state index contributed by atoms with van der Waals surface area (Å²) in [6.45, 7) is 1.63. The third kappa shape index (κ3) is 3.29. The molecular formula is C16H23NO4. The highest BCUT2D eigenvalue weighted by atomic mass is 16.5. The molecule has 1 unspecified atom stereocenters. The highest BCUT2D eigenvalue weighted by Gasteiger charge is 2.27. The fourth-order valence-electron chi connectivity index (χ4n) is 2.84. The van der Waals surface area contributed by atoms with Gasteiger partial charge >= 0.3 is 0 Å². The van der Waals surface area contributed by atoms with Gasteiger partial charge in [-0.25, -0.2) is 0 Å². The van der Waals surface area contributed by atoms with Gasteiger partial charge in [-0.3, -0.25) is 4.79 Å². The highest BCUT2D eigenvalue weighted by Crippen LogP contribution is 2.40. The van der Waals surface area contributed by atoms with Crippen LogP contribution in [0.2, 0.25) is 0 Å². The van der Waals surface area contributed by atoms with E-state index in [0.717, 1.165) is 18.7 Å². The molecule has 0 saturated carbocycles. The van der Waals surface area contributed by atoms with Gasteiger partial charge in [0.2, 0.25) is 5.75 Å². The standard InChI is InChI=1S/C16H23NO4/c1-17-8-7-13(18)12(10-17)9-11-5-6-14(19-2)16(21-4)15(11)20-3/h5-6,12H,7-10H2,1-4H3. The van der Waals surface area contributed by atoms with Crippen molar-refractivity contribution in [3.8, 4) is 17.2 Å². The maximum atomic E-state index is 12.1. The van der Waals surface area contributed by atoms with Crippen LogP contribution in [0.5, 0.6) is 17.2 Å². The van der Waals surface area contributed by atoms with E-state index >= 15 is 0 Å². The number of carbonyl (C=O) groups excluding carboxylic acids is 1. The molecule has 21 heavy (non-hydrogen) atoms. The van der Waals surface area contributed by atoms with Gasteiger partial charge in [0.15, 0.2) is 11.5 Å². The molecule has 1 aromatic rings. The first-order valence-corrected chi connectivity index (χ1v) is 7.09. The van der Waals surface area contributed by atoms with Crippen molar-refractivity contribution in [1.82, 2.24) is 4.90 Å². The van der Waals surface area contributed by atoms with E-state index in [4.69, 9.17) is 14.2 Å². The van der Waals surface area contributed by atoms with E-state index in [2.05, 4.69) is 4.90 Å². The molecule has 0 bridgehead atoms. The van der Waals surface area contributed by atoms with E-state index in [-0.39, 0.29) is 5.92 Å². The van der Waals surface area contributed by atoms with Crippen LogP contribution in [0.25, 0.3) is 0 Å². The molecule has 1 aliphatic heterocycles. The van der Waals surface area contributed by atoms with Crippen LogP contribution in [0.1, 0.15) is 12.0 Å². The summed E-state index contributed by atoms with van der Waals surface area (Å²) in [5, 5.41) is 0. The predicted molar refractivity (Wildman–Crippen MR) is 80.4 cm³/mol. The molecule has 116 valence electrons. The molecule has 0 radical (unpaired) electrons. The second kappa shape index (κ2) is 6.80. The number of nitrogens with zero attached hydrogens (tertiary/aromatic N) is 1. The molecule has 0 aromatic heterocycles. The molecule has 0 N–H and O–H groups in total. The molecule has 1 heterocycles. The quantitative estimate of drug-likeness (QED) is 0.828. The summed E-state index contributed by atoms with van der Waals surface area (Å²) in [5.41, 5.74) is 0.976. The Morgan fingerprint density at radius 1 is 1.14 bits per heavy atom. The summed E-state index contributed by atoms with van der Waals surface area (Å²) in [4.78, 5) is 14.3. The molecule has 0 spiro atoms. The van der Waals surface area contributed by atoms with Crippen molar-refractivity contribution in [3.63, 3.8) is 0 Å². The van der Waals surface area contributed by atoms with Gasteiger partial charge < -0.3 is 19.1 Å². The molecule has 5 heteroatoms. The lowest BCUT2D eigenvalue weighted by Crippen LogP contribution is -2.39. The third-order valence-electron chi connectivity index (χ3n) is 3.98. The largest absolute Gasteiger partial charge is 0.493 e. The van der Waals surface area contributed by atoms with Crippen molar-refractivity contribution in [3.05, 3.63) is 17.7 Å². The van der Waals surface area contributed by atoms with Gasteiger partial charge in [0.05, 0.1) is 21.3 Å². The summed E-state index contributed by atoms with van der Waals surface area (Å²) >= 11 is 0. The second-order valence-electron chi connectivity index (χ2n) is 5.37. The Bertz CT molecular complexity index is 515. The van der Waals surface area contributed by atoms with Crippen molar-refractivity contribution in [1.29, 1.82) is 0 Å². The molecule has 1 atom stereocenters. The predicted octanol–water partition coefficient (Wildman–Crippen LogP) is 1.78. The van der Waals surface area contributed by atoms with Crippen molar-refractivity contribution >= 4 is 5.78 Å². The van der Waals surface area contributed by atoms with E-state index in [1.54, 1.807) is 21.3 Å². The second-order valence-corrected chi connectivity index (χ2v) is 5.37.